The maximum Gasteiger partial charge on any atom is 0.246 e. The van der Waals surface area contributed by atoms with Gasteiger partial charge in [0.05, 0.1) is 0 Å². The Bertz CT molecular complexity index is 313. The number of nitrogens with zero attached hydrogens (tertiary/aromatic N) is 1. The highest BCUT2D eigenvalue weighted by atomic mass is 16.2. The van der Waals surface area contributed by atoms with Crippen LogP contribution in [0.4, 0.5) is 0 Å². The van der Waals surface area contributed by atoms with Crippen LogP contribution in [0.15, 0.2) is 0 Å². The molecule has 2 aliphatic rings. The first kappa shape index (κ1) is 12.4. The fourth-order valence-corrected chi connectivity index (χ4v) is 2.53. The van der Waals surface area contributed by atoms with Gasteiger partial charge >= 0.3 is 0 Å². The third kappa shape index (κ3) is 2.45. The predicted molar refractivity (Wildman–Crippen MR) is 65.4 cm³/mol. The van der Waals surface area contributed by atoms with E-state index in [1.807, 2.05) is 11.8 Å². The van der Waals surface area contributed by atoms with Crippen LogP contribution in [0.3, 0.4) is 0 Å². The Morgan fingerprint density at radius 3 is 2.53 bits per heavy atom. The average Bonchev–Trinajstić information content (AvgIpc) is 3.13. The summed E-state index contributed by atoms with van der Waals surface area (Å²) in [5.74, 6) is 0.584. The molecule has 1 aliphatic heterocycles. The van der Waals surface area contributed by atoms with Gasteiger partial charge in [-0.05, 0) is 31.6 Å². The molecule has 2 unspecified atom stereocenters. The van der Waals surface area contributed by atoms with Gasteiger partial charge in [0.2, 0.25) is 11.8 Å². The van der Waals surface area contributed by atoms with Gasteiger partial charge in [-0.1, -0.05) is 20.3 Å². The number of carbonyl (C=O) groups is 2. The Labute approximate surface area is 103 Å². The zero-order valence-electron chi connectivity index (χ0n) is 10.7. The standard InChI is InChI=1S/C13H22N2O2/c1-3-5-8-15-10(4-2)12(16)14-11(13(15)17)9-6-7-9/h9-11H,3-8H2,1-2H3,(H,14,16). The molecule has 1 heterocycles. The van der Waals surface area contributed by atoms with Gasteiger partial charge in [0.15, 0.2) is 0 Å². The molecular formula is C13H22N2O2. The Kier molecular flexibility index (Phi) is 3.69. The molecule has 2 atom stereocenters. The van der Waals surface area contributed by atoms with Crippen molar-refractivity contribution < 1.29 is 9.59 Å². The Balaban J connectivity index is 2.09. The molecule has 1 saturated carbocycles. The monoisotopic (exact) mass is 238 g/mol. The van der Waals surface area contributed by atoms with E-state index in [1.54, 1.807) is 0 Å². The molecular weight excluding hydrogens is 216 g/mol. The molecule has 1 aliphatic carbocycles. The minimum atomic E-state index is -0.246. The summed E-state index contributed by atoms with van der Waals surface area (Å²) in [5, 5.41) is 2.91. The van der Waals surface area contributed by atoms with Crippen LogP contribution < -0.4 is 5.32 Å². The van der Waals surface area contributed by atoms with Crippen LogP contribution in [-0.2, 0) is 9.59 Å². The summed E-state index contributed by atoms with van der Waals surface area (Å²) in [6.45, 7) is 4.80. The summed E-state index contributed by atoms with van der Waals surface area (Å²) < 4.78 is 0. The maximum absolute atomic E-state index is 12.3. The molecule has 0 spiro atoms. The van der Waals surface area contributed by atoms with Gasteiger partial charge in [-0.3, -0.25) is 9.59 Å². The molecule has 0 radical (unpaired) electrons. The average molecular weight is 238 g/mol. The molecule has 0 aromatic rings. The van der Waals surface area contributed by atoms with Gasteiger partial charge in [-0.15, -0.1) is 0 Å². The van der Waals surface area contributed by atoms with Crippen molar-refractivity contribution in [3.63, 3.8) is 0 Å². The second-order valence-electron chi connectivity index (χ2n) is 5.13. The highest BCUT2D eigenvalue weighted by Gasteiger charge is 2.45. The van der Waals surface area contributed by atoms with Crippen molar-refractivity contribution in [1.29, 1.82) is 0 Å². The lowest BCUT2D eigenvalue weighted by Gasteiger charge is -2.38. The van der Waals surface area contributed by atoms with Gasteiger partial charge in [-0.2, -0.15) is 0 Å². The zero-order chi connectivity index (χ0) is 12.4. The number of piperazine rings is 1. The summed E-state index contributed by atoms with van der Waals surface area (Å²) in [6.07, 6.45) is 4.89. The number of unbranched alkanes of at least 4 members (excludes halogenated alkanes) is 1. The minimum Gasteiger partial charge on any atom is -0.342 e. The van der Waals surface area contributed by atoms with E-state index in [2.05, 4.69) is 12.2 Å². The molecule has 4 heteroatoms. The number of hydrogen-bond donors (Lipinski definition) is 1. The van der Waals surface area contributed by atoms with Crippen LogP contribution in [0.5, 0.6) is 0 Å². The van der Waals surface area contributed by atoms with Crippen LogP contribution in [0.25, 0.3) is 0 Å². The number of carbonyl (C=O) groups excluding carboxylic acids is 2. The van der Waals surface area contributed by atoms with Gasteiger partial charge in [-0.25, -0.2) is 0 Å². The molecule has 4 nitrogen and oxygen atoms in total. The van der Waals surface area contributed by atoms with E-state index in [0.717, 1.165) is 32.2 Å². The number of amides is 2. The molecule has 2 fully saturated rings. The Hall–Kier alpha value is -1.06. The molecule has 0 bridgehead atoms. The summed E-state index contributed by atoms with van der Waals surface area (Å²) in [7, 11) is 0. The maximum atomic E-state index is 12.3. The smallest absolute Gasteiger partial charge is 0.246 e. The zero-order valence-corrected chi connectivity index (χ0v) is 10.7. The van der Waals surface area contributed by atoms with Crippen molar-refractivity contribution in [3.8, 4) is 0 Å². The predicted octanol–water partition coefficient (Wildman–Crippen LogP) is 1.30. The lowest BCUT2D eigenvalue weighted by molar-refractivity contribution is -0.150. The van der Waals surface area contributed by atoms with E-state index in [9.17, 15) is 9.59 Å². The largest absolute Gasteiger partial charge is 0.342 e. The van der Waals surface area contributed by atoms with Gasteiger partial charge in [0.1, 0.15) is 12.1 Å². The van der Waals surface area contributed by atoms with Gasteiger partial charge in [0.25, 0.3) is 0 Å². The van der Waals surface area contributed by atoms with Crippen molar-refractivity contribution in [2.75, 3.05) is 6.54 Å². The second kappa shape index (κ2) is 5.07. The van der Waals surface area contributed by atoms with E-state index < -0.39 is 0 Å². The molecule has 2 amide bonds. The first-order valence-corrected chi connectivity index (χ1v) is 6.79. The lowest BCUT2D eigenvalue weighted by Crippen LogP contribution is -2.63. The van der Waals surface area contributed by atoms with Gasteiger partial charge in [0, 0.05) is 6.54 Å². The van der Waals surface area contributed by atoms with Crippen molar-refractivity contribution in [3.05, 3.63) is 0 Å². The molecule has 2 rings (SSSR count). The molecule has 1 N–H and O–H groups in total. The first-order chi connectivity index (χ1) is 8.19. The summed E-state index contributed by atoms with van der Waals surface area (Å²) in [6, 6.07) is -0.480. The normalized spacial score (nSPS) is 29.4. The van der Waals surface area contributed by atoms with E-state index in [-0.39, 0.29) is 23.9 Å². The Morgan fingerprint density at radius 2 is 2.00 bits per heavy atom. The highest BCUT2D eigenvalue weighted by molar-refractivity contribution is 5.97. The minimum absolute atomic E-state index is 0.0418. The third-order valence-corrected chi connectivity index (χ3v) is 3.76. The van der Waals surface area contributed by atoms with Crippen LogP contribution in [0.2, 0.25) is 0 Å². The first-order valence-electron chi connectivity index (χ1n) is 6.79. The highest BCUT2D eigenvalue weighted by Crippen LogP contribution is 2.35. The number of rotatable bonds is 5. The number of hydrogen-bond acceptors (Lipinski definition) is 2. The van der Waals surface area contributed by atoms with E-state index in [1.165, 1.54) is 0 Å². The van der Waals surface area contributed by atoms with Crippen LogP contribution >= 0.6 is 0 Å². The van der Waals surface area contributed by atoms with Crippen molar-refractivity contribution >= 4 is 11.8 Å². The van der Waals surface area contributed by atoms with E-state index in [4.69, 9.17) is 0 Å². The van der Waals surface area contributed by atoms with Gasteiger partial charge < -0.3 is 10.2 Å². The fourth-order valence-electron chi connectivity index (χ4n) is 2.53. The van der Waals surface area contributed by atoms with Crippen molar-refractivity contribution in [2.24, 2.45) is 5.92 Å². The molecule has 17 heavy (non-hydrogen) atoms. The summed E-state index contributed by atoms with van der Waals surface area (Å²) in [4.78, 5) is 26.1. The van der Waals surface area contributed by atoms with Crippen LogP contribution in [0, 0.1) is 5.92 Å². The Morgan fingerprint density at radius 1 is 1.29 bits per heavy atom. The van der Waals surface area contributed by atoms with Crippen molar-refractivity contribution in [2.45, 2.75) is 58.0 Å². The van der Waals surface area contributed by atoms with E-state index >= 15 is 0 Å². The van der Waals surface area contributed by atoms with Crippen LogP contribution in [-0.4, -0.2) is 35.3 Å². The number of nitrogens with one attached hydrogen (secondary N) is 1. The fraction of sp³-hybridized carbons (Fsp3) is 0.846. The van der Waals surface area contributed by atoms with Crippen LogP contribution in [0.1, 0.15) is 46.0 Å². The molecule has 1 saturated heterocycles. The quantitative estimate of drug-likeness (QED) is 0.785. The lowest BCUT2D eigenvalue weighted by atomic mass is 10.0. The SMILES string of the molecule is CCCCN1C(=O)C(C2CC2)NC(=O)C1CC. The third-order valence-electron chi connectivity index (χ3n) is 3.76. The molecule has 96 valence electrons. The molecule has 0 aromatic carbocycles. The van der Waals surface area contributed by atoms with E-state index in [0.29, 0.717) is 12.3 Å². The second-order valence-corrected chi connectivity index (χ2v) is 5.13. The summed E-state index contributed by atoms with van der Waals surface area (Å²) >= 11 is 0. The molecule has 0 aromatic heterocycles. The topological polar surface area (TPSA) is 49.4 Å². The van der Waals surface area contributed by atoms with Crippen molar-refractivity contribution in [1.82, 2.24) is 10.2 Å². The summed E-state index contributed by atoms with van der Waals surface area (Å²) in [5.41, 5.74) is 0.